The monoisotopic (exact) mass is 401 g/mol. The van der Waals surface area contributed by atoms with Crippen molar-refractivity contribution in [3.8, 4) is 5.75 Å². The molecule has 8 nitrogen and oxygen atoms in total. The number of amides is 1. The minimum absolute atomic E-state index is 0.186. The van der Waals surface area contributed by atoms with Crippen LogP contribution in [0.3, 0.4) is 0 Å². The molecule has 1 rings (SSSR count). The molecule has 0 radical (unpaired) electrons. The fourth-order valence-electron chi connectivity index (χ4n) is 2.62. The third-order valence-electron chi connectivity index (χ3n) is 3.89. The first-order valence-corrected chi connectivity index (χ1v) is 10.2. The molecule has 0 spiro atoms. The zero-order valence-corrected chi connectivity index (χ0v) is 16.8. The number of ether oxygens (including phenoxy) is 1. The number of benzene rings is 1. The van der Waals surface area contributed by atoms with E-state index in [2.05, 4.69) is 5.32 Å². The van der Waals surface area contributed by atoms with Crippen LogP contribution in [-0.2, 0) is 14.9 Å². The molecule has 1 aromatic rings. The van der Waals surface area contributed by atoms with Crippen molar-refractivity contribution in [1.29, 1.82) is 0 Å². The Balaban J connectivity index is 2.32. The van der Waals surface area contributed by atoms with Crippen molar-refractivity contribution < 1.29 is 32.1 Å². The molecule has 1 atom stereocenters. The number of quaternary nitrogens is 1. The van der Waals surface area contributed by atoms with Gasteiger partial charge in [-0.05, 0) is 23.8 Å². The van der Waals surface area contributed by atoms with Gasteiger partial charge < -0.3 is 19.6 Å². The average Bonchev–Trinajstić information content (AvgIpc) is 2.55. The van der Waals surface area contributed by atoms with Crippen molar-refractivity contribution in [1.82, 2.24) is 5.32 Å². The Bertz CT molecular complexity index is 729. The van der Waals surface area contributed by atoms with E-state index in [4.69, 9.17) is 9.29 Å². The molecule has 0 bridgehead atoms. The lowest BCUT2D eigenvalue weighted by Crippen LogP contribution is -2.48. The number of aliphatic hydroxyl groups is 1. The summed E-state index contributed by atoms with van der Waals surface area (Å²) < 4.78 is 35.8. The van der Waals surface area contributed by atoms with E-state index >= 15 is 0 Å². The van der Waals surface area contributed by atoms with Gasteiger partial charge in [0.1, 0.15) is 24.2 Å². The summed E-state index contributed by atoms with van der Waals surface area (Å²) >= 11 is 0. The number of methoxy groups -OCH3 is 1. The first-order valence-electron chi connectivity index (χ1n) is 8.56. The predicted molar refractivity (Wildman–Crippen MR) is 104 cm³/mol. The van der Waals surface area contributed by atoms with Gasteiger partial charge >= 0.3 is 0 Å². The van der Waals surface area contributed by atoms with E-state index < -0.39 is 22.0 Å². The summed E-state index contributed by atoms with van der Waals surface area (Å²) in [5.74, 6) is -0.136. The normalized spacial score (nSPS) is 13.5. The number of nitrogens with one attached hydrogen (secondary N) is 1. The Hall–Kier alpha value is -1.94. The molecular weight excluding hydrogens is 372 g/mol. The zero-order valence-electron chi connectivity index (χ0n) is 16.0. The molecule has 1 aromatic carbocycles. The fraction of sp³-hybridized carbons (Fsp3) is 0.500. The van der Waals surface area contributed by atoms with E-state index in [9.17, 15) is 18.3 Å². The maximum Gasteiger partial charge on any atom is 0.267 e. The van der Waals surface area contributed by atoms with Crippen molar-refractivity contribution in [2.75, 3.05) is 46.6 Å². The molecule has 0 saturated carbocycles. The number of carbonyl (C=O) groups excluding carboxylic acids is 1. The van der Waals surface area contributed by atoms with Crippen LogP contribution >= 0.6 is 0 Å². The molecule has 152 valence electrons. The Kier molecular flexibility index (Phi) is 8.91. The number of nitrogens with zero attached hydrogens (tertiary/aromatic N) is 1. The molecule has 3 N–H and O–H groups in total. The van der Waals surface area contributed by atoms with Crippen molar-refractivity contribution in [3.05, 3.63) is 35.9 Å². The highest BCUT2D eigenvalue weighted by Gasteiger charge is 2.23. The molecule has 0 aliphatic heterocycles. The summed E-state index contributed by atoms with van der Waals surface area (Å²) in [6, 6.07) is 7.32. The van der Waals surface area contributed by atoms with Crippen LogP contribution in [0.25, 0.3) is 6.08 Å². The number of hydrogen-bond acceptors (Lipinski definition) is 5. The minimum Gasteiger partial charge on any atom is -0.497 e. The van der Waals surface area contributed by atoms with Gasteiger partial charge in [0.05, 0.1) is 27.7 Å². The van der Waals surface area contributed by atoms with Crippen LogP contribution in [0.4, 0.5) is 0 Å². The standard InChI is InChI=1S/C18H28N2O6S/c1-20(2,13-16(21)14-27(23,24)25)12-4-11-19-18(22)10-7-15-5-8-17(26-3)9-6-15/h5-10,16,21H,4,11-14H2,1-3H3,(H-,19,22,23,24,25)/p+1. The summed E-state index contributed by atoms with van der Waals surface area (Å²) in [5, 5.41) is 12.5. The summed E-state index contributed by atoms with van der Waals surface area (Å²) in [7, 11) is 1.09. The van der Waals surface area contributed by atoms with Gasteiger partial charge in [-0.1, -0.05) is 12.1 Å². The van der Waals surface area contributed by atoms with Crippen molar-refractivity contribution in [3.63, 3.8) is 0 Å². The Morgan fingerprint density at radius 3 is 2.48 bits per heavy atom. The first-order chi connectivity index (χ1) is 12.5. The van der Waals surface area contributed by atoms with Crippen LogP contribution in [-0.4, -0.2) is 81.2 Å². The number of rotatable bonds is 11. The van der Waals surface area contributed by atoms with Gasteiger partial charge in [-0.15, -0.1) is 0 Å². The van der Waals surface area contributed by atoms with E-state index in [0.717, 1.165) is 11.3 Å². The van der Waals surface area contributed by atoms with Gasteiger partial charge in [0, 0.05) is 19.0 Å². The molecule has 0 aliphatic rings. The predicted octanol–water partition coefficient (Wildman–Crippen LogP) is 0.540. The molecule has 0 aromatic heterocycles. The largest absolute Gasteiger partial charge is 0.497 e. The lowest BCUT2D eigenvalue weighted by molar-refractivity contribution is -0.893. The third-order valence-corrected chi connectivity index (χ3v) is 4.70. The van der Waals surface area contributed by atoms with E-state index in [1.165, 1.54) is 6.08 Å². The van der Waals surface area contributed by atoms with Crippen LogP contribution in [0.5, 0.6) is 5.75 Å². The lowest BCUT2D eigenvalue weighted by Gasteiger charge is -2.31. The molecule has 0 fully saturated rings. The average molecular weight is 402 g/mol. The molecule has 0 aliphatic carbocycles. The number of hydrogen-bond donors (Lipinski definition) is 3. The molecule has 1 amide bonds. The van der Waals surface area contributed by atoms with Gasteiger partial charge in [-0.2, -0.15) is 8.42 Å². The second-order valence-electron chi connectivity index (χ2n) is 7.00. The third kappa shape index (κ3) is 10.7. The van der Waals surface area contributed by atoms with E-state index in [1.54, 1.807) is 13.2 Å². The molecule has 1 unspecified atom stereocenters. The molecular formula is C18H29N2O6S+. The lowest BCUT2D eigenvalue weighted by atomic mass is 10.2. The highest BCUT2D eigenvalue weighted by atomic mass is 32.2. The number of likely N-dealkylation sites (N-methyl/N-ethyl adjacent to an activating group) is 1. The van der Waals surface area contributed by atoms with Gasteiger partial charge in [0.25, 0.3) is 10.1 Å². The molecule has 9 heteroatoms. The van der Waals surface area contributed by atoms with Crippen LogP contribution in [0.2, 0.25) is 0 Å². The zero-order chi connectivity index (χ0) is 20.5. The summed E-state index contributed by atoms with van der Waals surface area (Å²) in [5.41, 5.74) is 0.886. The first kappa shape index (κ1) is 23.1. The highest BCUT2D eigenvalue weighted by molar-refractivity contribution is 7.85. The fourth-order valence-corrected chi connectivity index (χ4v) is 3.21. The van der Waals surface area contributed by atoms with Gasteiger partial charge in [0.2, 0.25) is 5.91 Å². The Morgan fingerprint density at radius 1 is 1.30 bits per heavy atom. The van der Waals surface area contributed by atoms with E-state index in [1.807, 2.05) is 38.4 Å². The van der Waals surface area contributed by atoms with Crippen LogP contribution in [0.15, 0.2) is 30.3 Å². The van der Waals surface area contributed by atoms with E-state index in [0.29, 0.717) is 24.0 Å². The second kappa shape index (κ2) is 10.4. The van der Waals surface area contributed by atoms with Crippen LogP contribution in [0, 0.1) is 0 Å². The molecule has 27 heavy (non-hydrogen) atoms. The van der Waals surface area contributed by atoms with Crippen molar-refractivity contribution >= 4 is 22.1 Å². The second-order valence-corrected chi connectivity index (χ2v) is 8.49. The Morgan fingerprint density at radius 2 is 1.93 bits per heavy atom. The summed E-state index contributed by atoms with van der Waals surface area (Å²) in [6.45, 7) is 1.28. The van der Waals surface area contributed by atoms with Crippen LogP contribution < -0.4 is 10.1 Å². The summed E-state index contributed by atoms with van der Waals surface area (Å²) in [6.07, 6.45) is 2.68. The number of carbonyl (C=O) groups is 1. The summed E-state index contributed by atoms with van der Waals surface area (Å²) in [4.78, 5) is 11.8. The minimum atomic E-state index is -4.20. The smallest absolute Gasteiger partial charge is 0.267 e. The maximum atomic E-state index is 11.8. The SMILES string of the molecule is COc1ccc(C=CC(=O)NCCC[N+](C)(C)CC(O)CS(=O)(=O)O)cc1. The van der Waals surface area contributed by atoms with Gasteiger partial charge in [0.15, 0.2) is 0 Å². The van der Waals surface area contributed by atoms with Crippen molar-refractivity contribution in [2.24, 2.45) is 0 Å². The topological polar surface area (TPSA) is 113 Å². The molecule has 0 heterocycles. The van der Waals surface area contributed by atoms with Gasteiger partial charge in [-0.3, -0.25) is 9.35 Å². The maximum absolute atomic E-state index is 11.8. The highest BCUT2D eigenvalue weighted by Crippen LogP contribution is 2.12. The molecule has 0 saturated heterocycles. The van der Waals surface area contributed by atoms with E-state index in [-0.39, 0.29) is 12.5 Å². The number of aliphatic hydroxyl groups excluding tert-OH is 1. The van der Waals surface area contributed by atoms with Crippen LogP contribution in [0.1, 0.15) is 12.0 Å². The van der Waals surface area contributed by atoms with Crippen molar-refractivity contribution in [2.45, 2.75) is 12.5 Å². The Labute approximate surface area is 160 Å². The van der Waals surface area contributed by atoms with Gasteiger partial charge in [-0.25, -0.2) is 0 Å². The quantitative estimate of drug-likeness (QED) is 0.216.